The van der Waals surface area contributed by atoms with E-state index in [0.29, 0.717) is 17.9 Å². The van der Waals surface area contributed by atoms with Gasteiger partial charge in [0.2, 0.25) is 5.91 Å². The summed E-state index contributed by atoms with van der Waals surface area (Å²) in [6.45, 7) is 1.18. The fourth-order valence-electron chi connectivity index (χ4n) is 3.17. The predicted molar refractivity (Wildman–Crippen MR) is 105 cm³/mol. The number of likely N-dealkylation sites (tertiary alicyclic amines) is 1. The number of fused-ring (bicyclic) bond motifs is 1. The van der Waals surface area contributed by atoms with Gasteiger partial charge in [-0.15, -0.1) is 0 Å². The number of aromatic nitrogens is 1. The van der Waals surface area contributed by atoms with Crippen molar-refractivity contribution in [3.05, 3.63) is 29.1 Å². The number of rotatable bonds is 4. The highest BCUT2D eigenvalue weighted by molar-refractivity contribution is 7.92. The third kappa shape index (κ3) is 5.04. The van der Waals surface area contributed by atoms with Crippen molar-refractivity contribution in [2.45, 2.75) is 25.7 Å². The number of carbonyl (C=O) groups excluding carboxylic acids is 2. The normalized spacial score (nSPS) is 16.5. The third-order valence-corrected chi connectivity index (χ3v) is 7.07. The van der Waals surface area contributed by atoms with Crippen molar-refractivity contribution >= 4 is 43.2 Å². The highest BCUT2D eigenvalue weighted by atomic mass is 32.2. The largest absolute Gasteiger partial charge is 0.342 e. The van der Waals surface area contributed by atoms with Crippen LogP contribution in [0.25, 0.3) is 10.2 Å². The van der Waals surface area contributed by atoms with Crippen LogP contribution in [-0.2, 0) is 26.5 Å². The van der Waals surface area contributed by atoms with Gasteiger partial charge in [0.25, 0.3) is 5.91 Å². The number of para-hydroxylation sites is 1. The topological polar surface area (TPSA) is 88.8 Å². The lowest BCUT2D eigenvalue weighted by molar-refractivity contribution is -0.128. The van der Waals surface area contributed by atoms with Crippen LogP contribution in [0.15, 0.2) is 29.3 Å². The fraction of sp³-hybridized carbons (Fsp3) is 0.500. The number of aryl methyl sites for hydroxylation is 1. The Labute approximate surface area is 162 Å². The van der Waals surface area contributed by atoms with Crippen LogP contribution in [0, 0.1) is 0 Å². The Morgan fingerprint density at radius 3 is 2.41 bits per heavy atom. The molecule has 2 heterocycles. The Kier molecular flexibility index (Phi) is 6.11. The van der Waals surface area contributed by atoms with Crippen molar-refractivity contribution in [1.29, 1.82) is 0 Å². The van der Waals surface area contributed by atoms with Crippen LogP contribution in [0.1, 0.15) is 25.7 Å². The van der Waals surface area contributed by atoms with Gasteiger partial charge >= 0.3 is 0 Å². The summed E-state index contributed by atoms with van der Waals surface area (Å²) in [7, 11) is -2.06. The zero-order valence-corrected chi connectivity index (χ0v) is 16.9. The van der Waals surface area contributed by atoms with E-state index >= 15 is 0 Å². The summed E-state index contributed by atoms with van der Waals surface area (Å²) in [4.78, 5) is 30.5. The number of nitrogens with zero attached hydrogens (tertiary/aromatic N) is 3. The quantitative estimate of drug-likeness (QED) is 0.765. The summed E-state index contributed by atoms with van der Waals surface area (Å²) in [5.74, 6) is -2.55. The average molecular weight is 410 g/mol. The van der Waals surface area contributed by atoms with Gasteiger partial charge in [-0.3, -0.25) is 9.59 Å². The van der Waals surface area contributed by atoms with Gasteiger partial charge in [-0.05, 0) is 25.0 Å². The van der Waals surface area contributed by atoms with Gasteiger partial charge in [-0.1, -0.05) is 36.3 Å². The van der Waals surface area contributed by atoms with Crippen molar-refractivity contribution in [3.8, 4) is 0 Å². The first kappa shape index (κ1) is 19.8. The number of carbonyl (C=O) groups is 2. The van der Waals surface area contributed by atoms with E-state index in [-0.39, 0.29) is 0 Å². The van der Waals surface area contributed by atoms with E-state index in [2.05, 4.69) is 4.99 Å². The summed E-state index contributed by atoms with van der Waals surface area (Å²) >= 11 is 1.32. The van der Waals surface area contributed by atoms with E-state index < -0.39 is 33.2 Å². The minimum Gasteiger partial charge on any atom is -0.342 e. The van der Waals surface area contributed by atoms with Gasteiger partial charge in [0.15, 0.2) is 14.6 Å². The first-order chi connectivity index (χ1) is 12.9. The maximum Gasteiger partial charge on any atom is 0.263 e. The van der Waals surface area contributed by atoms with Crippen LogP contribution in [0.3, 0.4) is 0 Å². The van der Waals surface area contributed by atoms with Crippen LogP contribution in [0.5, 0.6) is 0 Å². The molecule has 0 radical (unpaired) electrons. The van der Waals surface area contributed by atoms with Crippen LogP contribution in [0.4, 0.5) is 0 Å². The molecule has 1 aliphatic rings. The molecule has 27 heavy (non-hydrogen) atoms. The summed E-state index contributed by atoms with van der Waals surface area (Å²) in [5.41, 5.74) is 0.924. The molecular formula is C18H23N3O4S2. The van der Waals surface area contributed by atoms with E-state index in [4.69, 9.17) is 0 Å². The molecule has 3 rings (SSSR count). The molecule has 0 atom stereocenters. The molecule has 0 N–H and O–H groups in total. The maximum atomic E-state index is 12.3. The SMILES string of the molecule is Cn1c(=NC(=O)CS(=O)(=O)CC(=O)N2CCCCCC2)sc2ccccc21. The average Bonchev–Trinajstić information content (AvgIpc) is 2.79. The first-order valence-corrected chi connectivity index (χ1v) is 11.6. The Hall–Kier alpha value is -2.00. The Morgan fingerprint density at radius 2 is 1.74 bits per heavy atom. The minimum absolute atomic E-state index is 0.419. The number of amides is 2. The minimum atomic E-state index is -3.84. The molecule has 2 aromatic rings. The second kappa shape index (κ2) is 8.35. The smallest absolute Gasteiger partial charge is 0.263 e. The summed E-state index contributed by atoms with van der Waals surface area (Å²) < 4.78 is 27.3. The third-order valence-electron chi connectivity index (χ3n) is 4.58. The molecule has 0 bridgehead atoms. The Balaban J connectivity index is 1.70. The Bertz CT molecular complexity index is 1010. The molecule has 2 amide bonds. The zero-order valence-electron chi connectivity index (χ0n) is 15.3. The van der Waals surface area contributed by atoms with Gasteiger partial charge in [0, 0.05) is 20.1 Å². The standard InChI is InChI=1S/C18H23N3O4S2/c1-20-14-8-4-5-9-15(14)26-18(20)19-16(22)12-27(24,25)13-17(23)21-10-6-2-3-7-11-21/h4-5,8-9H,2-3,6-7,10-13H2,1H3. The number of benzene rings is 1. The molecule has 1 aromatic carbocycles. The van der Waals surface area contributed by atoms with Crippen molar-refractivity contribution in [2.75, 3.05) is 24.6 Å². The van der Waals surface area contributed by atoms with Crippen molar-refractivity contribution in [1.82, 2.24) is 9.47 Å². The van der Waals surface area contributed by atoms with Crippen LogP contribution in [0.2, 0.25) is 0 Å². The van der Waals surface area contributed by atoms with E-state index in [1.54, 1.807) is 16.5 Å². The highest BCUT2D eigenvalue weighted by Gasteiger charge is 2.25. The molecular weight excluding hydrogens is 386 g/mol. The lowest BCUT2D eigenvalue weighted by atomic mass is 10.2. The molecule has 1 aliphatic heterocycles. The molecule has 0 saturated carbocycles. The summed E-state index contributed by atoms with van der Waals surface area (Å²) in [6, 6.07) is 7.61. The van der Waals surface area contributed by atoms with Crippen molar-refractivity contribution in [2.24, 2.45) is 12.0 Å². The van der Waals surface area contributed by atoms with E-state index in [0.717, 1.165) is 35.9 Å². The second-order valence-corrected chi connectivity index (χ2v) is 9.82. The summed E-state index contributed by atoms with van der Waals surface area (Å²) in [6.07, 6.45) is 3.89. The molecule has 0 aliphatic carbocycles. The van der Waals surface area contributed by atoms with Crippen molar-refractivity contribution < 1.29 is 18.0 Å². The monoisotopic (exact) mass is 409 g/mol. The predicted octanol–water partition coefficient (Wildman–Crippen LogP) is 1.48. The van der Waals surface area contributed by atoms with Gasteiger partial charge in [0.05, 0.1) is 10.2 Å². The molecule has 146 valence electrons. The van der Waals surface area contributed by atoms with E-state index in [9.17, 15) is 18.0 Å². The molecule has 1 fully saturated rings. The number of hydrogen-bond donors (Lipinski definition) is 0. The lowest BCUT2D eigenvalue weighted by Gasteiger charge is -2.19. The molecule has 0 unspecified atom stereocenters. The maximum absolute atomic E-state index is 12.3. The highest BCUT2D eigenvalue weighted by Crippen LogP contribution is 2.15. The molecule has 1 aromatic heterocycles. The van der Waals surface area contributed by atoms with E-state index in [1.165, 1.54) is 11.3 Å². The van der Waals surface area contributed by atoms with Crippen LogP contribution >= 0.6 is 11.3 Å². The number of hydrogen-bond acceptors (Lipinski definition) is 5. The van der Waals surface area contributed by atoms with Crippen LogP contribution < -0.4 is 4.80 Å². The molecule has 7 nitrogen and oxygen atoms in total. The summed E-state index contributed by atoms with van der Waals surface area (Å²) in [5, 5.41) is 0. The van der Waals surface area contributed by atoms with Gasteiger partial charge in [0.1, 0.15) is 11.5 Å². The molecule has 1 saturated heterocycles. The number of thiazole rings is 1. The van der Waals surface area contributed by atoms with Gasteiger partial charge in [-0.25, -0.2) is 8.42 Å². The molecule has 0 spiro atoms. The lowest BCUT2D eigenvalue weighted by Crippen LogP contribution is -2.37. The fourth-order valence-corrected chi connectivity index (χ4v) is 5.30. The van der Waals surface area contributed by atoms with E-state index in [1.807, 2.05) is 24.3 Å². The first-order valence-electron chi connectivity index (χ1n) is 8.96. The zero-order chi connectivity index (χ0) is 19.4. The molecule has 9 heteroatoms. The van der Waals surface area contributed by atoms with Crippen LogP contribution in [-0.4, -0.2) is 54.3 Å². The van der Waals surface area contributed by atoms with Crippen molar-refractivity contribution in [3.63, 3.8) is 0 Å². The Morgan fingerprint density at radius 1 is 1.07 bits per heavy atom. The second-order valence-electron chi connectivity index (χ2n) is 6.74. The number of sulfone groups is 1. The van der Waals surface area contributed by atoms with Gasteiger partial charge < -0.3 is 9.47 Å². The van der Waals surface area contributed by atoms with Gasteiger partial charge in [-0.2, -0.15) is 4.99 Å².